The molecule has 3 rings (SSSR count). The number of sulfone groups is 1. The summed E-state index contributed by atoms with van der Waals surface area (Å²) in [5.74, 6) is 1.83. The number of carbonyl (C=O) groups excluding carboxylic acids is 1. The summed E-state index contributed by atoms with van der Waals surface area (Å²) in [7, 11) is 0.0344. The van der Waals surface area contributed by atoms with Gasteiger partial charge in [-0.3, -0.25) is 9.69 Å². The number of carbonyl (C=O) groups is 1. The van der Waals surface area contributed by atoms with Crippen molar-refractivity contribution >= 4 is 15.6 Å². The summed E-state index contributed by atoms with van der Waals surface area (Å²) < 4.78 is 40.5. The number of hydrogen-bond acceptors (Lipinski definition) is 8. The fourth-order valence-electron chi connectivity index (χ4n) is 3.94. The van der Waals surface area contributed by atoms with Crippen LogP contribution in [-0.4, -0.2) is 75.2 Å². The molecule has 0 bridgehead atoms. The van der Waals surface area contributed by atoms with E-state index in [4.69, 9.17) is 14.2 Å². The molecule has 2 unspecified atom stereocenters. The number of ketones is 1. The average molecular weight is 478 g/mol. The topological polar surface area (TPSA) is 102 Å². The van der Waals surface area contributed by atoms with E-state index >= 15 is 0 Å². The van der Waals surface area contributed by atoms with Gasteiger partial charge in [-0.1, -0.05) is 18.2 Å². The van der Waals surface area contributed by atoms with Crippen LogP contribution in [0.4, 0.5) is 0 Å². The van der Waals surface area contributed by atoms with Gasteiger partial charge in [-0.15, -0.1) is 0 Å². The lowest BCUT2D eigenvalue weighted by atomic mass is 10.1. The van der Waals surface area contributed by atoms with Gasteiger partial charge in [-0.2, -0.15) is 0 Å². The van der Waals surface area contributed by atoms with Crippen LogP contribution in [0.1, 0.15) is 29.3 Å². The van der Waals surface area contributed by atoms with E-state index < -0.39 is 15.9 Å². The molecule has 180 valence electrons. The van der Waals surface area contributed by atoms with E-state index in [1.807, 2.05) is 17.0 Å². The molecule has 8 nitrogen and oxygen atoms in total. The van der Waals surface area contributed by atoms with Gasteiger partial charge in [0.25, 0.3) is 0 Å². The number of ether oxygens (including phenoxy) is 3. The van der Waals surface area contributed by atoms with Crippen molar-refractivity contribution in [3.63, 3.8) is 0 Å². The van der Waals surface area contributed by atoms with Crippen LogP contribution in [0.15, 0.2) is 42.5 Å². The van der Waals surface area contributed by atoms with E-state index in [9.17, 15) is 18.3 Å². The second-order valence-electron chi connectivity index (χ2n) is 8.22. The smallest absolute Gasteiger partial charge is 0.161 e. The molecule has 2 atom stereocenters. The van der Waals surface area contributed by atoms with Crippen LogP contribution in [0.25, 0.3) is 0 Å². The quantitative estimate of drug-likeness (QED) is 0.492. The van der Waals surface area contributed by atoms with Crippen molar-refractivity contribution in [2.24, 2.45) is 0 Å². The maximum absolute atomic E-state index is 12.1. The highest BCUT2D eigenvalue weighted by atomic mass is 32.2. The number of methoxy groups -OCH3 is 2. The van der Waals surface area contributed by atoms with Crippen LogP contribution in [0.5, 0.6) is 17.2 Å². The molecule has 0 amide bonds. The van der Waals surface area contributed by atoms with E-state index in [1.54, 1.807) is 44.6 Å². The van der Waals surface area contributed by atoms with Gasteiger partial charge in [0.1, 0.15) is 18.5 Å². The Kier molecular flexibility index (Phi) is 8.34. The van der Waals surface area contributed by atoms with Gasteiger partial charge >= 0.3 is 0 Å². The van der Waals surface area contributed by atoms with E-state index in [0.29, 0.717) is 35.8 Å². The molecule has 1 heterocycles. The second-order valence-corrected chi connectivity index (χ2v) is 10.5. The second kappa shape index (κ2) is 11.0. The van der Waals surface area contributed by atoms with Gasteiger partial charge < -0.3 is 19.3 Å². The molecular formula is C24H31NO7S. The molecule has 0 aliphatic carbocycles. The third kappa shape index (κ3) is 6.93. The Labute approximate surface area is 195 Å². The van der Waals surface area contributed by atoms with Gasteiger partial charge in [-0.25, -0.2) is 8.42 Å². The largest absolute Gasteiger partial charge is 0.493 e. The molecule has 2 aromatic carbocycles. The van der Waals surface area contributed by atoms with Crippen molar-refractivity contribution in [3.05, 3.63) is 53.6 Å². The van der Waals surface area contributed by atoms with Crippen LogP contribution in [-0.2, 0) is 16.4 Å². The Morgan fingerprint density at radius 1 is 1.15 bits per heavy atom. The Morgan fingerprint density at radius 2 is 1.91 bits per heavy atom. The summed E-state index contributed by atoms with van der Waals surface area (Å²) in [5, 5.41) is 10.7. The van der Waals surface area contributed by atoms with Gasteiger partial charge in [0.05, 0.1) is 25.7 Å². The summed E-state index contributed by atoms with van der Waals surface area (Å²) in [6, 6.07) is 12.2. The maximum Gasteiger partial charge on any atom is 0.161 e. The first kappa shape index (κ1) is 25.0. The number of benzene rings is 2. The first-order valence-corrected chi connectivity index (χ1v) is 12.6. The number of nitrogens with zero attached hydrogens (tertiary/aromatic N) is 1. The standard InChI is InChI=1S/C24H31NO7S/c1-17(26)19-5-4-6-22(12-19)32-15-21(27)14-25(20-9-10-33(28,29)16-20)13-18-7-8-23(30-2)24(11-18)31-3/h4-8,11-12,20-21,27H,9-10,13-16H2,1-3H3. The number of Topliss-reactive ketones (excluding diaryl/α,β-unsaturated/α-hetero) is 1. The zero-order valence-corrected chi connectivity index (χ0v) is 20.0. The lowest BCUT2D eigenvalue weighted by molar-refractivity contribution is 0.0524. The Balaban J connectivity index is 1.70. The highest BCUT2D eigenvalue weighted by molar-refractivity contribution is 7.91. The van der Waals surface area contributed by atoms with Crippen molar-refractivity contribution in [2.45, 2.75) is 32.0 Å². The molecule has 0 saturated carbocycles. The number of aliphatic hydroxyl groups is 1. The molecule has 1 aliphatic rings. The third-order valence-electron chi connectivity index (χ3n) is 5.69. The minimum absolute atomic E-state index is 0.0171. The molecule has 0 spiro atoms. The SMILES string of the molecule is COc1ccc(CN(CC(O)COc2cccc(C(C)=O)c2)C2CCS(=O)(=O)C2)cc1OC. The highest BCUT2D eigenvalue weighted by Crippen LogP contribution is 2.29. The van der Waals surface area contributed by atoms with E-state index in [-0.39, 0.29) is 36.5 Å². The van der Waals surface area contributed by atoms with Crippen molar-refractivity contribution in [3.8, 4) is 17.2 Å². The molecule has 1 saturated heterocycles. The normalized spacial score (nSPS) is 18.2. The lowest BCUT2D eigenvalue weighted by Crippen LogP contribution is -2.42. The Morgan fingerprint density at radius 3 is 2.55 bits per heavy atom. The van der Waals surface area contributed by atoms with Crippen LogP contribution < -0.4 is 14.2 Å². The number of aliphatic hydroxyl groups excluding tert-OH is 1. The number of hydrogen-bond donors (Lipinski definition) is 1. The molecular weight excluding hydrogens is 446 g/mol. The van der Waals surface area contributed by atoms with Crippen LogP contribution in [0.2, 0.25) is 0 Å². The summed E-state index contributed by atoms with van der Waals surface area (Å²) in [5.41, 5.74) is 1.45. The van der Waals surface area contributed by atoms with Gasteiger partial charge in [0.2, 0.25) is 0 Å². The van der Waals surface area contributed by atoms with Gasteiger partial charge in [0.15, 0.2) is 27.1 Å². The summed E-state index contributed by atoms with van der Waals surface area (Å²) in [6.45, 7) is 2.18. The van der Waals surface area contributed by atoms with Crippen LogP contribution in [0.3, 0.4) is 0 Å². The highest BCUT2D eigenvalue weighted by Gasteiger charge is 2.33. The van der Waals surface area contributed by atoms with Crippen molar-refractivity contribution < 1.29 is 32.5 Å². The Hall–Kier alpha value is -2.62. The van der Waals surface area contributed by atoms with Gasteiger partial charge in [0, 0.05) is 24.7 Å². The minimum atomic E-state index is -3.09. The van der Waals surface area contributed by atoms with Crippen LogP contribution in [0, 0.1) is 0 Å². The zero-order valence-electron chi connectivity index (χ0n) is 19.2. The molecule has 1 N–H and O–H groups in total. The monoisotopic (exact) mass is 477 g/mol. The predicted octanol–water partition coefficient (Wildman–Crippen LogP) is 2.34. The summed E-state index contributed by atoms with van der Waals surface area (Å²) >= 11 is 0. The first-order chi connectivity index (χ1) is 15.7. The zero-order chi connectivity index (χ0) is 24.0. The molecule has 1 aliphatic heterocycles. The summed E-state index contributed by atoms with van der Waals surface area (Å²) in [4.78, 5) is 13.5. The number of rotatable bonds is 11. The molecule has 2 aromatic rings. The molecule has 0 aromatic heterocycles. The first-order valence-electron chi connectivity index (χ1n) is 10.8. The van der Waals surface area contributed by atoms with E-state index in [0.717, 1.165) is 5.56 Å². The van der Waals surface area contributed by atoms with Crippen molar-refractivity contribution in [2.75, 3.05) is 38.9 Å². The Bertz CT molecular complexity index is 1070. The fourth-order valence-corrected chi connectivity index (χ4v) is 5.70. The van der Waals surface area contributed by atoms with E-state index in [2.05, 4.69) is 0 Å². The van der Waals surface area contributed by atoms with E-state index in [1.165, 1.54) is 6.92 Å². The molecule has 9 heteroatoms. The van der Waals surface area contributed by atoms with Crippen molar-refractivity contribution in [1.82, 2.24) is 4.90 Å². The average Bonchev–Trinajstić information content (AvgIpc) is 3.16. The molecule has 1 fully saturated rings. The van der Waals surface area contributed by atoms with Crippen LogP contribution >= 0.6 is 0 Å². The summed E-state index contributed by atoms with van der Waals surface area (Å²) in [6.07, 6.45) is -0.335. The lowest BCUT2D eigenvalue weighted by Gasteiger charge is -2.30. The molecule has 0 radical (unpaired) electrons. The maximum atomic E-state index is 12.1. The third-order valence-corrected chi connectivity index (χ3v) is 7.44. The predicted molar refractivity (Wildman–Crippen MR) is 125 cm³/mol. The fraction of sp³-hybridized carbons (Fsp3) is 0.458. The molecule has 33 heavy (non-hydrogen) atoms. The minimum Gasteiger partial charge on any atom is -0.493 e. The van der Waals surface area contributed by atoms with Gasteiger partial charge in [-0.05, 0) is 43.2 Å². The van der Waals surface area contributed by atoms with Crippen molar-refractivity contribution in [1.29, 1.82) is 0 Å².